The zero-order valence-corrected chi connectivity index (χ0v) is 11.0. The predicted octanol–water partition coefficient (Wildman–Crippen LogP) is 3.70. The lowest BCUT2D eigenvalue weighted by atomic mass is 10.0. The molecule has 1 unspecified atom stereocenters. The molecule has 0 spiro atoms. The standard InChI is InChI=1S/C15H22FN/c1-4-9-17-14(10-12(2)3)11-13-7-5-6-8-15(13)16/h5-8,10,14,17H,4,9,11H2,1-3H3. The van der Waals surface area contributed by atoms with Crippen molar-refractivity contribution in [1.29, 1.82) is 0 Å². The van der Waals surface area contributed by atoms with Gasteiger partial charge in [0, 0.05) is 6.04 Å². The number of benzene rings is 1. The van der Waals surface area contributed by atoms with Crippen LogP contribution in [0.3, 0.4) is 0 Å². The maximum atomic E-state index is 13.6. The lowest BCUT2D eigenvalue weighted by Gasteiger charge is -2.16. The van der Waals surface area contributed by atoms with Crippen LogP contribution in [0, 0.1) is 5.82 Å². The molecule has 1 aromatic carbocycles. The van der Waals surface area contributed by atoms with Crippen LogP contribution in [0.25, 0.3) is 0 Å². The van der Waals surface area contributed by atoms with Gasteiger partial charge in [0.25, 0.3) is 0 Å². The summed E-state index contributed by atoms with van der Waals surface area (Å²) in [5.74, 6) is -0.113. The van der Waals surface area contributed by atoms with Crippen molar-refractivity contribution in [3.8, 4) is 0 Å². The van der Waals surface area contributed by atoms with E-state index in [1.54, 1.807) is 6.07 Å². The number of halogens is 1. The van der Waals surface area contributed by atoms with Gasteiger partial charge in [-0.15, -0.1) is 0 Å². The van der Waals surface area contributed by atoms with E-state index < -0.39 is 0 Å². The molecule has 0 bridgehead atoms. The number of nitrogens with one attached hydrogen (secondary N) is 1. The van der Waals surface area contributed by atoms with Gasteiger partial charge in [0.1, 0.15) is 5.82 Å². The second kappa shape index (κ2) is 7.23. The van der Waals surface area contributed by atoms with Crippen molar-refractivity contribution < 1.29 is 4.39 Å². The fourth-order valence-electron chi connectivity index (χ4n) is 1.82. The summed E-state index contributed by atoms with van der Waals surface area (Å²) < 4.78 is 13.6. The molecule has 1 rings (SSSR count). The van der Waals surface area contributed by atoms with Crippen LogP contribution in [0.1, 0.15) is 32.8 Å². The van der Waals surface area contributed by atoms with E-state index in [1.165, 1.54) is 11.6 Å². The minimum absolute atomic E-state index is 0.113. The van der Waals surface area contributed by atoms with Gasteiger partial charge < -0.3 is 5.32 Å². The lowest BCUT2D eigenvalue weighted by molar-refractivity contribution is 0.555. The van der Waals surface area contributed by atoms with Gasteiger partial charge in [-0.1, -0.05) is 36.8 Å². The molecule has 0 heterocycles. The maximum Gasteiger partial charge on any atom is 0.126 e. The molecule has 1 atom stereocenters. The Balaban J connectivity index is 2.72. The van der Waals surface area contributed by atoms with Crippen LogP contribution in [0.4, 0.5) is 4.39 Å². The first-order valence-electron chi connectivity index (χ1n) is 6.25. The minimum atomic E-state index is -0.113. The van der Waals surface area contributed by atoms with Crippen molar-refractivity contribution in [2.45, 2.75) is 39.7 Å². The third-order valence-electron chi connectivity index (χ3n) is 2.59. The highest BCUT2D eigenvalue weighted by atomic mass is 19.1. The quantitative estimate of drug-likeness (QED) is 0.741. The van der Waals surface area contributed by atoms with Crippen LogP contribution in [0.2, 0.25) is 0 Å². The molecule has 1 aromatic rings. The highest BCUT2D eigenvalue weighted by Crippen LogP contribution is 2.10. The Hall–Kier alpha value is -1.15. The first kappa shape index (κ1) is 13.9. The SMILES string of the molecule is CCCNC(C=C(C)C)Cc1ccccc1F. The lowest BCUT2D eigenvalue weighted by Crippen LogP contribution is -2.30. The zero-order chi connectivity index (χ0) is 12.7. The van der Waals surface area contributed by atoms with Crippen LogP contribution in [0.15, 0.2) is 35.9 Å². The predicted molar refractivity (Wildman–Crippen MR) is 71.6 cm³/mol. The van der Waals surface area contributed by atoms with Gasteiger partial charge in [0.15, 0.2) is 0 Å². The molecular weight excluding hydrogens is 213 g/mol. The van der Waals surface area contributed by atoms with Crippen LogP contribution in [-0.4, -0.2) is 12.6 Å². The normalized spacial score (nSPS) is 12.2. The molecule has 0 amide bonds. The van der Waals surface area contributed by atoms with E-state index in [0.717, 1.165) is 18.5 Å². The summed E-state index contributed by atoms with van der Waals surface area (Å²) >= 11 is 0. The second-order valence-electron chi connectivity index (χ2n) is 4.60. The first-order chi connectivity index (χ1) is 8.13. The van der Waals surface area contributed by atoms with Crippen molar-refractivity contribution >= 4 is 0 Å². The van der Waals surface area contributed by atoms with Crippen molar-refractivity contribution in [2.24, 2.45) is 0 Å². The van der Waals surface area contributed by atoms with E-state index in [2.05, 4.69) is 32.2 Å². The van der Waals surface area contributed by atoms with Gasteiger partial charge in [0.2, 0.25) is 0 Å². The summed E-state index contributed by atoms with van der Waals surface area (Å²) in [6.07, 6.45) is 3.96. The molecule has 94 valence electrons. The number of hydrogen-bond donors (Lipinski definition) is 1. The zero-order valence-electron chi connectivity index (χ0n) is 11.0. The molecule has 1 nitrogen and oxygen atoms in total. The topological polar surface area (TPSA) is 12.0 Å². The van der Waals surface area contributed by atoms with Gasteiger partial charge in [-0.25, -0.2) is 4.39 Å². The van der Waals surface area contributed by atoms with Crippen molar-refractivity contribution in [2.75, 3.05) is 6.54 Å². The molecule has 0 fully saturated rings. The summed E-state index contributed by atoms with van der Waals surface area (Å²) in [4.78, 5) is 0. The van der Waals surface area contributed by atoms with Crippen LogP contribution >= 0.6 is 0 Å². The third-order valence-corrected chi connectivity index (χ3v) is 2.59. The molecule has 0 aliphatic heterocycles. The fourth-order valence-corrected chi connectivity index (χ4v) is 1.82. The van der Waals surface area contributed by atoms with Gasteiger partial charge in [0.05, 0.1) is 0 Å². The minimum Gasteiger partial charge on any atom is -0.310 e. The summed E-state index contributed by atoms with van der Waals surface area (Å²) in [6.45, 7) is 7.24. The first-order valence-corrected chi connectivity index (χ1v) is 6.25. The van der Waals surface area contributed by atoms with Crippen LogP contribution < -0.4 is 5.32 Å². The Morgan fingerprint density at radius 2 is 2.06 bits per heavy atom. The number of hydrogen-bond acceptors (Lipinski definition) is 1. The third kappa shape index (κ3) is 5.14. The molecule has 0 aliphatic rings. The largest absolute Gasteiger partial charge is 0.310 e. The highest BCUT2D eigenvalue weighted by Gasteiger charge is 2.08. The Kier molecular flexibility index (Phi) is 5.92. The molecule has 0 aliphatic carbocycles. The second-order valence-corrected chi connectivity index (χ2v) is 4.60. The molecule has 1 N–H and O–H groups in total. The fraction of sp³-hybridized carbons (Fsp3) is 0.467. The van der Waals surface area contributed by atoms with Crippen molar-refractivity contribution in [3.05, 3.63) is 47.3 Å². The molecule has 0 radical (unpaired) electrons. The van der Waals surface area contributed by atoms with Crippen molar-refractivity contribution in [3.63, 3.8) is 0 Å². The highest BCUT2D eigenvalue weighted by molar-refractivity contribution is 5.20. The van der Waals surface area contributed by atoms with Gasteiger partial charge in [-0.2, -0.15) is 0 Å². The molecule has 0 saturated heterocycles. The van der Waals surface area contributed by atoms with E-state index in [1.807, 2.05) is 12.1 Å². The summed E-state index contributed by atoms with van der Waals surface area (Å²) in [6, 6.07) is 7.21. The number of allylic oxidation sites excluding steroid dienone is 1. The molecule has 17 heavy (non-hydrogen) atoms. The summed E-state index contributed by atoms with van der Waals surface area (Å²) in [7, 11) is 0. The maximum absolute atomic E-state index is 13.6. The van der Waals surface area contributed by atoms with E-state index in [9.17, 15) is 4.39 Å². The molecule has 0 aromatic heterocycles. The average Bonchev–Trinajstić information content (AvgIpc) is 2.28. The Bertz CT molecular complexity index is 367. The van der Waals surface area contributed by atoms with E-state index in [-0.39, 0.29) is 11.9 Å². The average molecular weight is 235 g/mol. The number of rotatable bonds is 6. The molecule has 2 heteroatoms. The van der Waals surface area contributed by atoms with Gasteiger partial charge in [-0.3, -0.25) is 0 Å². The molecule has 0 saturated carbocycles. The van der Waals surface area contributed by atoms with E-state index in [4.69, 9.17) is 0 Å². The molecular formula is C15H22FN. The van der Waals surface area contributed by atoms with Crippen LogP contribution in [-0.2, 0) is 6.42 Å². The van der Waals surface area contributed by atoms with E-state index >= 15 is 0 Å². The summed E-state index contributed by atoms with van der Waals surface area (Å²) in [5.41, 5.74) is 2.04. The monoisotopic (exact) mass is 235 g/mol. The Morgan fingerprint density at radius 1 is 1.35 bits per heavy atom. The smallest absolute Gasteiger partial charge is 0.126 e. The van der Waals surface area contributed by atoms with Gasteiger partial charge >= 0.3 is 0 Å². The van der Waals surface area contributed by atoms with Crippen LogP contribution in [0.5, 0.6) is 0 Å². The van der Waals surface area contributed by atoms with Crippen molar-refractivity contribution in [1.82, 2.24) is 5.32 Å². The van der Waals surface area contributed by atoms with Gasteiger partial charge in [-0.05, 0) is 44.9 Å². The Labute approximate surface area is 104 Å². The van der Waals surface area contributed by atoms with E-state index in [0.29, 0.717) is 6.42 Å². The Morgan fingerprint density at radius 3 is 2.65 bits per heavy atom. The summed E-state index contributed by atoms with van der Waals surface area (Å²) in [5, 5.41) is 3.43.